The highest BCUT2D eigenvalue weighted by atomic mass is 35.5. The Morgan fingerprint density at radius 1 is 1.00 bits per heavy atom. The van der Waals surface area contributed by atoms with Crippen molar-refractivity contribution >= 4 is 24.0 Å². The summed E-state index contributed by atoms with van der Waals surface area (Å²) in [6, 6.07) is 7.92. The minimum absolute atomic E-state index is 0. The molecule has 0 aromatic heterocycles. The number of rotatable bonds is 11. The molecular weight excluding hydrogens is 634 g/mol. The fourth-order valence-corrected chi connectivity index (χ4v) is 9.55. The second kappa shape index (κ2) is 16.8. The smallest absolute Gasteiger partial charge is 0.190 e. The maximum Gasteiger partial charge on any atom is 0.190 e. The molecule has 1 heterocycles. The number of ketones is 2. The quantitative estimate of drug-likeness (QED) is 0.270. The number of allylic oxidation sites excluding steroid dienone is 1. The number of Topliss-reactive ketones (excluding diaryl/α,β-unsaturated/α-hetero) is 1. The minimum atomic E-state index is -1.54. The molecule has 7 atom stereocenters. The van der Waals surface area contributed by atoms with Crippen LogP contribution in [0.2, 0.25) is 0 Å². The Kier molecular flexibility index (Phi) is 13.6. The molecule has 1 aromatic rings. The van der Waals surface area contributed by atoms with E-state index >= 15 is 0 Å². The molecule has 3 N–H and O–H groups in total. The summed E-state index contributed by atoms with van der Waals surface area (Å²) in [7, 11) is 0. The van der Waals surface area contributed by atoms with E-state index in [0.717, 1.165) is 103 Å². The Bertz CT molecular complexity index is 1250. The average Bonchev–Trinajstić information content (AvgIpc) is 3.34. The van der Waals surface area contributed by atoms with E-state index < -0.39 is 29.5 Å². The lowest BCUT2D eigenvalue weighted by atomic mass is 9.45. The van der Waals surface area contributed by atoms with E-state index in [1.54, 1.807) is 6.08 Å². The molecule has 0 radical (unpaired) electrons. The molecule has 4 fully saturated rings. The number of fused-ring (bicyclic) bond motifs is 5. The SMILES string of the molecule is CCCCOc1ccc(OCCCN2CCOCC2)cc1.C[C@]12CCC(=O)C=C1CC[C@@H]1[C@@H]2[C@@H](O)C[C@@]2(C)[C@H]1CC[C@]2(O)C(=O)CO.Cl. The lowest BCUT2D eigenvalue weighted by molar-refractivity contribution is -0.182. The monoisotopic (exact) mass is 691 g/mol. The molecule has 1 aromatic carbocycles. The normalized spacial score (nSPS) is 34.3. The van der Waals surface area contributed by atoms with E-state index in [2.05, 4.69) is 18.7 Å². The fraction of sp³-hybridized carbons (Fsp3) is 0.737. The van der Waals surface area contributed by atoms with E-state index in [4.69, 9.17) is 14.2 Å². The molecule has 4 aliphatic carbocycles. The van der Waals surface area contributed by atoms with Crippen molar-refractivity contribution in [3.05, 3.63) is 35.9 Å². The van der Waals surface area contributed by atoms with Crippen molar-refractivity contribution in [3.8, 4) is 11.5 Å². The third kappa shape index (κ3) is 7.97. The molecule has 1 saturated heterocycles. The Labute approximate surface area is 292 Å². The van der Waals surface area contributed by atoms with Crippen LogP contribution in [0, 0.1) is 28.6 Å². The molecule has 5 aliphatic rings. The van der Waals surface area contributed by atoms with E-state index in [0.29, 0.717) is 19.3 Å². The van der Waals surface area contributed by atoms with Gasteiger partial charge in [0.05, 0.1) is 32.5 Å². The van der Waals surface area contributed by atoms with Gasteiger partial charge < -0.3 is 29.5 Å². The standard InChI is InChI=1S/C21H30O5.C17H27NO3.ClH/c1-19-7-5-13(23)9-12(19)3-4-14-15-6-8-21(26,17(25)11-22)20(15,2)10-16(24)18(14)19;1-2-3-12-20-16-5-7-17(8-6-16)21-13-4-9-18-10-14-19-15-11-18;/h9,14-16,18,22,24,26H,3-8,10-11H2,1-2H3;5-8H,2-4,9-15H2,1H3;1H/t14-,15-,16-,18+,19-,20-,21-;;/m0../s1. The number of benzene rings is 1. The van der Waals surface area contributed by atoms with Crippen molar-refractivity contribution in [2.45, 2.75) is 96.7 Å². The van der Waals surface area contributed by atoms with Gasteiger partial charge >= 0.3 is 0 Å². The van der Waals surface area contributed by atoms with Crippen LogP contribution in [-0.4, -0.2) is 96.2 Å². The summed E-state index contributed by atoms with van der Waals surface area (Å²) in [5.74, 6) is 1.98. The number of morpholine rings is 1. The Morgan fingerprint density at radius 3 is 2.27 bits per heavy atom. The van der Waals surface area contributed by atoms with Crippen LogP contribution in [0.3, 0.4) is 0 Å². The van der Waals surface area contributed by atoms with Crippen LogP contribution < -0.4 is 9.47 Å². The van der Waals surface area contributed by atoms with E-state index in [9.17, 15) is 24.9 Å². The van der Waals surface area contributed by atoms with Gasteiger partial charge in [0, 0.05) is 31.5 Å². The number of carbonyl (C=O) groups excluding carboxylic acids is 2. The molecule has 270 valence electrons. The molecule has 10 heteroatoms. The van der Waals surface area contributed by atoms with Gasteiger partial charge in [0.25, 0.3) is 0 Å². The maximum atomic E-state index is 12.4. The highest BCUT2D eigenvalue weighted by Gasteiger charge is 2.68. The van der Waals surface area contributed by atoms with Crippen LogP contribution in [-0.2, 0) is 14.3 Å². The second-order valence-corrected chi connectivity index (χ2v) is 14.9. The van der Waals surface area contributed by atoms with Crippen molar-refractivity contribution in [2.75, 3.05) is 52.7 Å². The van der Waals surface area contributed by atoms with Crippen molar-refractivity contribution < 1.29 is 39.1 Å². The zero-order valence-electron chi connectivity index (χ0n) is 29.2. The molecule has 6 rings (SSSR count). The maximum absolute atomic E-state index is 12.4. The summed E-state index contributed by atoms with van der Waals surface area (Å²) in [5.41, 5.74) is -1.23. The minimum Gasteiger partial charge on any atom is -0.494 e. The number of aliphatic hydroxyl groups is 3. The van der Waals surface area contributed by atoms with Crippen LogP contribution >= 0.6 is 12.4 Å². The molecule has 0 spiro atoms. The summed E-state index contributed by atoms with van der Waals surface area (Å²) in [6.45, 7) is 12.1. The largest absolute Gasteiger partial charge is 0.494 e. The molecule has 0 amide bonds. The third-order valence-electron chi connectivity index (χ3n) is 12.2. The van der Waals surface area contributed by atoms with Crippen LogP contribution in [0.1, 0.15) is 85.0 Å². The van der Waals surface area contributed by atoms with Crippen molar-refractivity contribution in [1.82, 2.24) is 4.90 Å². The van der Waals surface area contributed by atoms with Gasteiger partial charge in [-0.05, 0) is 105 Å². The summed E-state index contributed by atoms with van der Waals surface area (Å²) in [4.78, 5) is 26.7. The number of nitrogens with zero attached hydrogens (tertiary/aromatic N) is 1. The summed E-state index contributed by atoms with van der Waals surface area (Å²) >= 11 is 0. The van der Waals surface area contributed by atoms with Crippen molar-refractivity contribution in [2.24, 2.45) is 28.6 Å². The third-order valence-corrected chi connectivity index (χ3v) is 12.2. The second-order valence-electron chi connectivity index (χ2n) is 14.9. The van der Waals surface area contributed by atoms with Gasteiger partial charge in [-0.1, -0.05) is 32.8 Å². The molecule has 48 heavy (non-hydrogen) atoms. The lowest BCUT2D eigenvalue weighted by Crippen LogP contribution is -2.62. The van der Waals surface area contributed by atoms with Crippen LogP contribution in [0.25, 0.3) is 0 Å². The zero-order chi connectivity index (χ0) is 33.7. The number of ether oxygens (including phenoxy) is 3. The Balaban J connectivity index is 0.000000218. The Hall–Kier alpha value is -2.01. The first-order chi connectivity index (χ1) is 22.6. The van der Waals surface area contributed by atoms with Crippen LogP contribution in [0.4, 0.5) is 0 Å². The summed E-state index contributed by atoms with van der Waals surface area (Å²) < 4.78 is 16.7. The number of hydrogen-bond donors (Lipinski definition) is 3. The Morgan fingerprint density at radius 2 is 1.65 bits per heavy atom. The van der Waals surface area contributed by atoms with E-state index in [-0.39, 0.29) is 41.4 Å². The van der Waals surface area contributed by atoms with Crippen molar-refractivity contribution in [1.29, 1.82) is 0 Å². The zero-order valence-corrected chi connectivity index (χ0v) is 30.0. The molecule has 0 unspecified atom stereocenters. The summed E-state index contributed by atoms with van der Waals surface area (Å²) in [6.07, 6.45) is 9.04. The fourth-order valence-electron chi connectivity index (χ4n) is 9.55. The van der Waals surface area contributed by atoms with Crippen molar-refractivity contribution in [3.63, 3.8) is 0 Å². The molecule has 0 bridgehead atoms. The van der Waals surface area contributed by atoms with Gasteiger partial charge in [0.15, 0.2) is 11.6 Å². The molecule has 3 saturated carbocycles. The summed E-state index contributed by atoms with van der Waals surface area (Å²) in [5, 5.41) is 31.7. The van der Waals surface area contributed by atoms with E-state index in [1.807, 2.05) is 31.2 Å². The van der Waals surface area contributed by atoms with Gasteiger partial charge in [0.1, 0.15) is 23.7 Å². The number of unbranched alkanes of at least 4 members (excludes halogenated alkanes) is 1. The topological polar surface area (TPSA) is 126 Å². The van der Waals surface area contributed by atoms with Crippen LogP contribution in [0.15, 0.2) is 35.9 Å². The molecular formula is C38H58ClNO8. The predicted molar refractivity (Wildman–Crippen MR) is 187 cm³/mol. The number of aliphatic hydroxyl groups excluding tert-OH is 2. The van der Waals surface area contributed by atoms with E-state index in [1.165, 1.54) is 5.57 Å². The number of hydrogen-bond acceptors (Lipinski definition) is 9. The van der Waals surface area contributed by atoms with Crippen LogP contribution in [0.5, 0.6) is 11.5 Å². The molecule has 1 aliphatic heterocycles. The highest BCUT2D eigenvalue weighted by molar-refractivity contribution is 5.92. The lowest BCUT2D eigenvalue weighted by Gasteiger charge is -2.60. The average molecular weight is 692 g/mol. The van der Waals surface area contributed by atoms with Gasteiger partial charge in [-0.15, -0.1) is 12.4 Å². The predicted octanol–water partition coefficient (Wildman–Crippen LogP) is 5.17. The first-order valence-electron chi connectivity index (χ1n) is 18.0. The number of halogens is 1. The van der Waals surface area contributed by atoms with Gasteiger partial charge in [-0.2, -0.15) is 0 Å². The highest BCUT2D eigenvalue weighted by Crippen LogP contribution is 2.67. The number of carbonyl (C=O) groups is 2. The first kappa shape index (κ1) is 38.8. The van der Waals surface area contributed by atoms with Gasteiger partial charge in [-0.25, -0.2) is 0 Å². The first-order valence-corrected chi connectivity index (χ1v) is 18.0. The van der Waals surface area contributed by atoms with Gasteiger partial charge in [-0.3, -0.25) is 14.5 Å². The molecule has 9 nitrogen and oxygen atoms in total. The van der Waals surface area contributed by atoms with Gasteiger partial charge in [0.2, 0.25) is 0 Å².